The molecular formula is C17H14IN3O4. The predicted octanol–water partition coefficient (Wildman–Crippen LogP) is 3.19. The Morgan fingerprint density at radius 2 is 2.00 bits per heavy atom. The Labute approximate surface area is 157 Å². The molecule has 0 unspecified atom stereocenters. The van der Waals surface area contributed by atoms with Gasteiger partial charge in [0.05, 0.1) is 22.2 Å². The van der Waals surface area contributed by atoms with Gasteiger partial charge >= 0.3 is 0 Å². The molecule has 0 radical (unpaired) electrons. The number of carbonyl (C=O) groups excluding carboxylic acids is 2. The summed E-state index contributed by atoms with van der Waals surface area (Å²) in [6.07, 6.45) is 0.0813. The van der Waals surface area contributed by atoms with E-state index in [0.717, 1.165) is 3.57 Å². The molecule has 0 saturated carbocycles. The van der Waals surface area contributed by atoms with Crippen molar-refractivity contribution in [2.75, 3.05) is 16.8 Å². The van der Waals surface area contributed by atoms with E-state index in [1.807, 2.05) is 18.2 Å². The van der Waals surface area contributed by atoms with Crippen LogP contribution in [0, 0.1) is 19.6 Å². The van der Waals surface area contributed by atoms with E-state index in [2.05, 4.69) is 27.9 Å². The van der Waals surface area contributed by atoms with Crippen LogP contribution in [-0.2, 0) is 9.59 Å². The van der Waals surface area contributed by atoms with Crippen molar-refractivity contribution in [3.8, 4) is 0 Å². The van der Waals surface area contributed by atoms with Crippen LogP contribution >= 0.6 is 22.6 Å². The number of non-ortho nitro benzene ring substituents is 1. The number of benzene rings is 2. The van der Waals surface area contributed by atoms with Gasteiger partial charge in [-0.3, -0.25) is 19.7 Å². The summed E-state index contributed by atoms with van der Waals surface area (Å²) < 4.78 is 0.910. The third kappa shape index (κ3) is 3.78. The first-order valence-electron chi connectivity index (χ1n) is 7.56. The van der Waals surface area contributed by atoms with Crippen molar-refractivity contribution in [2.24, 2.45) is 5.92 Å². The third-order valence-electron chi connectivity index (χ3n) is 3.98. The number of carbonyl (C=O) groups is 2. The second-order valence-corrected chi connectivity index (χ2v) is 6.81. The van der Waals surface area contributed by atoms with Gasteiger partial charge in [0.25, 0.3) is 5.69 Å². The van der Waals surface area contributed by atoms with E-state index in [1.165, 1.54) is 23.1 Å². The molecule has 1 N–H and O–H groups in total. The highest BCUT2D eigenvalue weighted by Gasteiger charge is 2.35. The zero-order valence-corrected chi connectivity index (χ0v) is 15.2. The van der Waals surface area contributed by atoms with Crippen LogP contribution in [0.1, 0.15) is 6.42 Å². The molecule has 1 atom stereocenters. The monoisotopic (exact) mass is 451 g/mol. The highest BCUT2D eigenvalue weighted by molar-refractivity contribution is 14.1. The Bertz CT molecular complexity index is 855. The summed E-state index contributed by atoms with van der Waals surface area (Å²) >= 11 is 2.13. The van der Waals surface area contributed by atoms with Gasteiger partial charge in [0, 0.05) is 28.7 Å². The summed E-state index contributed by atoms with van der Waals surface area (Å²) in [5, 5.41) is 13.7. The molecule has 1 saturated heterocycles. The molecule has 2 aromatic carbocycles. The van der Waals surface area contributed by atoms with E-state index in [-0.39, 0.29) is 30.5 Å². The maximum Gasteiger partial charge on any atom is 0.271 e. The maximum absolute atomic E-state index is 12.5. The molecule has 8 heteroatoms. The molecule has 3 rings (SSSR count). The van der Waals surface area contributed by atoms with E-state index in [0.29, 0.717) is 11.4 Å². The molecule has 0 bridgehead atoms. The lowest BCUT2D eigenvalue weighted by molar-refractivity contribution is -0.384. The van der Waals surface area contributed by atoms with Gasteiger partial charge in [-0.1, -0.05) is 18.2 Å². The molecule has 0 aromatic heterocycles. The van der Waals surface area contributed by atoms with Gasteiger partial charge in [0.15, 0.2) is 0 Å². The number of nitro benzene ring substituents is 1. The van der Waals surface area contributed by atoms with E-state index in [4.69, 9.17) is 0 Å². The van der Waals surface area contributed by atoms with Crippen molar-refractivity contribution in [1.82, 2.24) is 0 Å². The van der Waals surface area contributed by atoms with Crippen LogP contribution in [0.5, 0.6) is 0 Å². The number of nitrogens with zero attached hydrogens (tertiary/aromatic N) is 2. The lowest BCUT2D eigenvalue weighted by Crippen LogP contribution is -2.28. The molecule has 0 aliphatic carbocycles. The van der Waals surface area contributed by atoms with Gasteiger partial charge in [-0.15, -0.1) is 0 Å². The molecule has 7 nitrogen and oxygen atoms in total. The molecule has 1 aliphatic rings. The summed E-state index contributed by atoms with van der Waals surface area (Å²) in [7, 11) is 0. The fourth-order valence-corrected chi connectivity index (χ4v) is 3.23. The fourth-order valence-electron chi connectivity index (χ4n) is 2.70. The van der Waals surface area contributed by atoms with Gasteiger partial charge in [-0.2, -0.15) is 0 Å². The smallest absolute Gasteiger partial charge is 0.271 e. The van der Waals surface area contributed by atoms with Crippen LogP contribution in [-0.4, -0.2) is 23.3 Å². The van der Waals surface area contributed by atoms with Gasteiger partial charge in [-0.25, -0.2) is 0 Å². The molecule has 0 spiro atoms. The average molecular weight is 451 g/mol. The number of rotatable bonds is 4. The number of halogens is 1. The van der Waals surface area contributed by atoms with Gasteiger partial charge < -0.3 is 10.2 Å². The predicted molar refractivity (Wildman–Crippen MR) is 101 cm³/mol. The quantitative estimate of drug-likeness (QED) is 0.439. The van der Waals surface area contributed by atoms with Gasteiger partial charge in [-0.05, 0) is 40.8 Å². The first-order chi connectivity index (χ1) is 12.0. The highest BCUT2D eigenvalue weighted by Crippen LogP contribution is 2.29. The van der Waals surface area contributed by atoms with E-state index in [1.54, 1.807) is 12.1 Å². The van der Waals surface area contributed by atoms with E-state index < -0.39 is 10.8 Å². The minimum absolute atomic E-state index is 0.0813. The second kappa shape index (κ2) is 7.18. The lowest BCUT2D eigenvalue weighted by atomic mass is 10.1. The van der Waals surface area contributed by atoms with Crippen LogP contribution in [0.2, 0.25) is 0 Å². The second-order valence-electron chi connectivity index (χ2n) is 5.65. The molecule has 1 heterocycles. The third-order valence-corrected chi connectivity index (χ3v) is 4.92. The van der Waals surface area contributed by atoms with Crippen molar-refractivity contribution in [3.63, 3.8) is 0 Å². The molecule has 1 aliphatic heterocycles. The number of para-hydroxylation sites is 1. The Hall–Kier alpha value is -2.49. The van der Waals surface area contributed by atoms with Crippen molar-refractivity contribution < 1.29 is 14.5 Å². The normalized spacial score (nSPS) is 16.8. The van der Waals surface area contributed by atoms with Crippen molar-refractivity contribution in [1.29, 1.82) is 0 Å². The largest absolute Gasteiger partial charge is 0.325 e. The SMILES string of the molecule is O=C(Nc1ccccc1I)[C@H]1CC(=O)N(c2cccc([N+](=O)[O-])c2)C1. The number of hydrogen-bond donors (Lipinski definition) is 1. The van der Waals surface area contributed by atoms with Crippen LogP contribution < -0.4 is 10.2 Å². The molecule has 1 fully saturated rings. The van der Waals surface area contributed by atoms with Gasteiger partial charge in [0.1, 0.15) is 0 Å². The maximum atomic E-state index is 12.5. The van der Waals surface area contributed by atoms with Crippen LogP contribution in [0.15, 0.2) is 48.5 Å². The fraction of sp³-hybridized carbons (Fsp3) is 0.176. The van der Waals surface area contributed by atoms with Crippen LogP contribution in [0.4, 0.5) is 17.1 Å². The topological polar surface area (TPSA) is 92.6 Å². The number of anilines is 2. The Morgan fingerprint density at radius 3 is 2.72 bits per heavy atom. The molecule has 128 valence electrons. The van der Waals surface area contributed by atoms with Crippen molar-refractivity contribution in [2.45, 2.75) is 6.42 Å². The Morgan fingerprint density at radius 1 is 1.24 bits per heavy atom. The first kappa shape index (κ1) is 17.3. The standard InChI is InChI=1S/C17H14IN3O4/c18-14-6-1-2-7-15(14)19-17(23)11-8-16(22)20(10-11)12-4-3-5-13(9-12)21(24)25/h1-7,9,11H,8,10H2,(H,19,23)/t11-/m0/s1. The van der Waals surface area contributed by atoms with Crippen LogP contribution in [0.25, 0.3) is 0 Å². The molecule has 25 heavy (non-hydrogen) atoms. The first-order valence-corrected chi connectivity index (χ1v) is 8.64. The Balaban J connectivity index is 1.74. The number of hydrogen-bond acceptors (Lipinski definition) is 4. The van der Waals surface area contributed by atoms with E-state index >= 15 is 0 Å². The molecule has 2 amide bonds. The van der Waals surface area contributed by atoms with Crippen molar-refractivity contribution in [3.05, 3.63) is 62.2 Å². The summed E-state index contributed by atoms with van der Waals surface area (Å²) in [4.78, 5) is 36.5. The zero-order valence-electron chi connectivity index (χ0n) is 13.0. The average Bonchev–Trinajstić information content (AvgIpc) is 2.99. The lowest BCUT2D eigenvalue weighted by Gasteiger charge is -2.16. The summed E-state index contributed by atoms with van der Waals surface area (Å²) in [6, 6.07) is 13.3. The van der Waals surface area contributed by atoms with E-state index in [9.17, 15) is 19.7 Å². The van der Waals surface area contributed by atoms with Gasteiger partial charge in [0.2, 0.25) is 11.8 Å². The molecule has 2 aromatic rings. The number of nitro groups is 1. The van der Waals surface area contributed by atoms with Crippen LogP contribution in [0.3, 0.4) is 0 Å². The summed E-state index contributed by atoms with van der Waals surface area (Å²) in [5.74, 6) is -0.948. The Kier molecular flexibility index (Phi) is 4.98. The zero-order chi connectivity index (χ0) is 18.0. The summed E-state index contributed by atoms with van der Waals surface area (Å²) in [6.45, 7) is 0.204. The highest BCUT2D eigenvalue weighted by atomic mass is 127. The number of amides is 2. The molecular weight excluding hydrogens is 437 g/mol. The minimum Gasteiger partial charge on any atom is -0.325 e. The summed E-state index contributed by atoms with van der Waals surface area (Å²) in [5.41, 5.74) is 1.05. The van der Waals surface area contributed by atoms with Crippen molar-refractivity contribution >= 4 is 51.5 Å². The minimum atomic E-state index is -0.508. The number of nitrogens with one attached hydrogen (secondary N) is 1.